The van der Waals surface area contributed by atoms with Crippen LogP contribution in [0.1, 0.15) is 0 Å². The maximum absolute atomic E-state index is 6.65. The predicted molar refractivity (Wildman–Crippen MR) is 188 cm³/mol. The lowest BCUT2D eigenvalue weighted by molar-refractivity contribution is 0.666. The Morgan fingerprint density at radius 1 is 0.356 bits per heavy atom. The minimum atomic E-state index is 0.889. The van der Waals surface area contributed by atoms with E-state index in [0.717, 1.165) is 38.9 Å². The largest absolute Gasteiger partial charge is 0.454 e. The van der Waals surface area contributed by atoms with Crippen LogP contribution in [0.25, 0.3) is 88.1 Å². The van der Waals surface area contributed by atoms with E-state index in [1.807, 2.05) is 0 Å². The molecule has 0 unspecified atom stereocenters. The highest BCUT2D eigenvalue weighted by Gasteiger charge is 2.18. The van der Waals surface area contributed by atoms with Crippen molar-refractivity contribution in [1.29, 1.82) is 0 Å². The summed E-state index contributed by atoms with van der Waals surface area (Å²) in [4.78, 5) is 0. The summed E-state index contributed by atoms with van der Waals surface area (Å²) in [7, 11) is 0. The van der Waals surface area contributed by atoms with Gasteiger partial charge in [0.1, 0.15) is 5.58 Å². The van der Waals surface area contributed by atoms with Gasteiger partial charge in [0.2, 0.25) is 0 Å². The molecule has 0 fully saturated rings. The number of benzene rings is 7. The molecule has 0 aliphatic heterocycles. The van der Waals surface area contributed by atoms with Crippen LogP contribution in [-0.4, -0.2) is 9.13 Å². The van der Waals surface area contributed by atoms with E-state index in [0.29, 0.717) is 0 Å². The van der Waals surface area contributed by atoms with Gasteiger partial charge < -0.3 is 13.6 Å². The number of nitrogens with zero attached hydrogens (tertiary/aromatic N) is 2. The fourth-order valence-electron chi connectivity index (χ4n) is 7.35. The van der Waals surface area contributed by atoms with E-state index in [-0.39, 0.29) is 0 Å². The Bertz CT molecular complexity index is 2670. The minimum Gasteiger partial charge on any atom is -0.454 e. The van der Waals surface area contributed by atoms with E-state index < -0.39 is 0 Å². The Kier molecular flexibility index (Phi) is 5.00. The maximum atomic E-state index is 6.65. The molecule has 10 rings (SSSR count). The Hall–Kier alpha value is -6.06. The zero-order valence-electron chi connectivity index (χ0n) is 24.3. The van der Waals surface area contributed by atoms with Gasteiger partial charge in [0, 0.05) is 38.0 Å². The number of hydrogen-bond acceptors (Lipinski definition) is 1. The lowest BCUT2D eigenvalue weighted by Crippen LogP contribution is -1.94. The van der Waals surface area contributed by atoms with Crippen molar-refractivity contribution in [3.8, 4) is 22.5 Å². The fraction of sp³-hybridized carbons (Fsp3) is 0. The smallest absolute Gasteiger partial charge is 0.159 e. The normalized spacial score (nSPS) is 12.0. The van der Waals surface area contributed by atoms with Crippen LogP contribution in [0.4, 0.5) is 0 Å². The van der Waals surface area contributed by atoms with Crippen LogP contribution < -0.4 is 0 Å². The second-order valence-corrected chi connectivity index (χ2v) is 11.8. The topological polar surface area (TPSA) is 23.0 Å². The van der Waals surface area contributed by atoms with Gasteiger partial charge in [-0.15, -0.1) is 0 Å². The summed E-state index contributed by atoms with van der Waals surface area (Å²) in [6.07, 6.45) is 0. The average molecular weight is 575 g/mol. The van der Waals surface area contributed by atoms with Crippen LogP contribution in [0.2, 0.25) is 0 Å². The van der Waals surface area contributed by atoms with Crippen LogP contribution in [0, 0.1) is 0 Å². The Morgan fingerprint density at radius 3 is 1.49 bits per heavy atom. The molecule has 0 aliphatic carbocycles. The monoisotopic (exact) mass is 574 g/mol. The number of aromatic nitrogens is 2. The summed E-state index contributed by atoms with van der Waals surface area (Å²) < 4.78 is 11.4. The highest BCUT2D eigenvalue weighted by Crippen LogP contribution is 2.39. The summed E-state index contributed by atoms with van der Waals surface area (Å²) >= 11 is 0. The molecule has 45 heavy (non-hydrogen) atoms. The number of para-hydroxylation sites is 5. The molecular weight excluding hydrogens is 548 g/mol. The molecule has 0 aliphatic rings. The number of fused-ring (bicyclic) bond motifs is 9. The van der Waals surface area contributed by atoms with Gasteiger partial charge in [0.15, 0.2) is 5.58 Å². The van der Waals surface area contributed by atoms with Crippen molar-refractivity contribution in [2.75, 3.05) is 0 Å². The number of furan rings is 1. The molecular formula is C42H26N2O. The van der Waals surface area contributed by atoms with Gasteiger partial charge in [-0.1, -0.05) is 103 Å². The average Bonchev–Trinajstić information content (AvgIpc) is 3.76. The third-order valence-electron chi connectivity index (χ3n) is 9.31. The van der Waals surface area contributed by atoms with Crippen molar-refractivity contribution in [2.24, 2.45) is 0 Å². The quantitative estimate of drug-likeness (QED) is 0.206. The van der Waals surface area contributed by atoms with Gasteiger partial charge in [-0.2, -0.15) is 0 Å². The first-order chi connectivity index (χ1) is 22.3. The number of hydrogen-bond donors (Lipinski definition) is 0. The van der Waals surface area contributed by atoms with E-state index in [2.05, 4.69) is 167 Å². The Morgan fingerprint density at radius 2 is 0.867 bits per heavy atom. The van der Waals surface area contributed by atoms with Crippen LogP contribution >= 0.6 is 0 Å². The van der Waals surface area contributed by atoms with E-state index >= 15 is 0 Å². The third kappa shape index (κ3) is 3.46. The van der Waals surface area contributed by atoms with Crippen LogP contribution in [-0.2, 0) is 0 Å². The molecule has 0 bridgehead atoms. The Balaban J connectivity index is 1.16. The zero-order valence-corrected chi connectivity index (χ0v) is 24.3. The molecule has 3 heterocycles. The van der Waals surface area contributed by atoms with E-state index in [1.54, 1.807) is 0 Å². The molecule has 210 valence electrons. The van der Waals surface area contributed by atoms with Crippen molar-refractivity contribution in [3.63, 3.8) is 0 Å². The fourth-order valence-corrected chi connectivity index (χ4v) is 7.35. The molecule has 0 radical (unpaired) electrons. The lowest BCUT2D eigenvalue weighted by Gasteiger charge is -2.10. The first-order valence-electron chi connectivity index (χ1n) is 15.4. The maximum Gasteiger partial charge on any atom is 0.159 e. The van der Waals surface area contributed by atoms with E-state index in [1.165, 1.54) is 49.2 Å². The Labute approximate surface area is 258 Å². The SMILES string of the molecule is c1cc(-c2ccc3oc4c(-n5c6ccccc6c6ccccc65)cccc4c3c2)cc(-n2c3ccccc3c3ccccc32)c1. The van der Waals surface area contributed by atoms with Crippen LogP contribution in [0.3, 0.4) is 0 Å². The van der Waals surface area contributed by atoms with E-state index in [4.69, 9.17) is 4.42 Å². The summed E-state index contributed by atoms with van der Waals surface area (Å²) in [5, 5.41) is 7.25. The van der Waals surface area contributed by atoms with E-state index in [9.17, 15) is 0 Å². The van der Waals surface area contributed by atoms with Gasteiger partial charge in [-0.3, -0.25) is 0 Å². The molecule has 3 heteroatoms. The molecule has 7 aromatic carbocycles. The molecule has 3 nitrogen and oxygen atoms in total. The number of rotatable bonds is 3. The second kappa shape index (κ2) is 9.22. The van der Waals surface area contributed by atoms with Crippen LogP contribution in [0.5, 0.6) is 0 Å². The summed E-state index contributed by atoms with van der Waals surface area (Å²) in [5.74, 6) is 0. The second-order valence-electron chi connectivity index (χ2n) is 11.8. The highest BCUT2D eigenvalue weighted by atomic mass is 16.3. The summed E-state index contributed by atoms with van der Waals surface area (Å²) in [5.41, 5.74) is 11.1. The van der Waals surface area contributed by atoms with Gasteiger partial charge in [-0.05, 0) is 65.7 Å². The molecule has 0 N–H and O–H groups in total. The zero-order chi connectivity index (χ0) is 29.5. The molecule has 0 atom stereocenters. The molecule has 0 saturated carbocycles. The molecule has 0 spiro atoms. The lowest BCUT2D eigenvalue weighted by atomic mass is 10.0. The first kappa shape index (κ1) is 24.4. The van der Waals surface area contributed by atoms with Crippen LogP contribution in [0.15, 0.2) is 162 Å². The van der Waals surface area contributed by atoms with Crippen molar-refractivity contribution >= 4 is 65.6 Å². The van der Waals surface area contributed by atoms with Crippen molar-refractivity contribution in [3.05, 3.63) is 158 Å². The highest BCUT2D eigenvalue weighted by molar-refractivity contribution is 6.13. The van der Waals surface area contributed by atoms with Gasteiger partial charge in [0.05, 0.1) is 27.8 Å². The minimum absolute atomic E-state index is 0.889. The molecule has 0 saturated heterocycles. The van der Waals surface area contributed by atoms with Gasteiger partial charge >= 0.3 is 0 Å². The van der Waals surface area contributed by atoms with Gasteiger partial charge in [-0.25, -0.2) is 0 Å². The molecule has 10 aromatic rings. The van der Waals surface area contributed by atoms with Gasteiger partial charge in [0.25, 0.3) is 0 Å². The molecule has 0 amide bonds. The third-order valence-corrected chi connectivity index (χ3v) is 9.31. The van der Waals surface area contributed by atoms with Crippen molar-refractivity contribution in [2.45, 2.75) is 0 Å². The summed E-state index contributed by atoms with van der Waals surface area (Å²) in [6.45, 7) is 0. The standard InChI is InChI=1S/C42H26N2O/c1-5-18-36-30(13-1)31-14-2-6-19-37(31)43(36)29-12-9-11-27(25-29)28-23-24-41-35(26-28)34-17-10-22-40(42(34)45-41)44-38-20-7-3-15-32(38)33-16-4-8-21-39(33)44/h1-26H. The first-order valence-corrected chi connectivity index (χ1v) is 15.4. The van der Waals surface area contributed by atoms with Crippen molar-refractivity contribution < 1.29 is 4.42 Å². The van der Waals surface area contributed by atoms with Crippen molar-refractivity contribution in [1.82, 2.24) is 9.13 Å². The summed E-state index contributed by atoms with van der Waals surface area (Å²) in [6, 6.07) is 56.5. The predicted octanol–water partition coefficient (Wildman–Crippen LogP) is 11.4. The molecule has 3 aromatic heterocycles.